The first-order valence-corrected chi connectivity index (χ1v) is 10.5. The Labute approximate surface area is 188 Å². The van der Waals surface area contributed by atoms with Gasteiger partial charge in [0, 0.05) is 29.5 Å². The lowest BCUT2D eigenvalue weighted by molar-refractivity contribution is 0.289. The number of nitrogens with zero attached hydrogens (tertiary/aromatic N) is 6. The van der Waals surface area contributed by atoms with Gasteiger partial charge in [0.1, 0.15) is 12.4 Å². The Bertz CT molecular complexity index is 1540. The third kappa shape index (κ3) is 3.67. The second-order valence-electron chi connectivity index (χ2n) is 7.56. The van der Waals surface area contributed by atoms with Gasteiger partial charge in [-0.2, -0.15) is 4.52 Å². The molecule has 0 aliphatic heterocycles. The molecule has 0 radical (unpaired) electrons. The Morgan fingerprint density at radius 3 is 2.52 bits per heavy atom. The number of pyridine rings is 1. The molecule has 0 atom stereocenters. The van der Waals surface area contributed by atoms with Crippen molar-refractivity contribution in [2.24, 2.45) is 0 Å². The average molecular weight is 434 g/mol. The van der Waals surface area contributed by atoms with Crippen LogP contribution < -0.4 is 4.74 Å². The summed E-state index contributed by atoms with van der Waals surface area (Å²) in [5.41, 5.74) is 3.14. The summed E-state index contributed by atoms with van der Waals surface area (Å²) in [6, 6.07) is 25.5. The summed E-state index contributed by atoms with van der Waals surface area (Å²) in [6.45, 7) is 0.298. The van der Waals surface area contributed by atoms with Crippen molar-refractivity contribution in [3.8, 4) is 17.4 Å². The summed E-state index contributed by atoms with van der Waals surface area (Å²) in [5.74, 6) is 1.69. The van der Waals surface area contributed by atoms with Gasteiger partial charge in [-0.15, -0.1) is 15.3 Å². The lowest BCUT2D eigenvalue weighted by atomic mass is 10.1. The van der Waals surface area contributed by atoms with Crippen molar-refractivity contribution >= 4 is 16.4 Å². The maximum atomic E-state index is 6.06. The normalized spacial score (nSPS) is 11.3. The maximum Gasteiger partial charge on any atom is 0.240 e. The molecule has 160 valence electrons. The van der Waals surface area contributed by atoms with Crippen molar-refractivity contribution in [2.45, 2.75) is 13.0 Å². The monoisotopic (exact) mass is 434 g/mol. The van der Waals surface area contributed by atoms with Crippen molar-refractivity contribution < 1.29 is 9.26 Å². The first kappa shape index (κ1) is 19.1. The number of aromatic nitrogens is 6. The first-order valence-electron chi connectivity index (χ1n) is 10.5. The Hall–Kier alpha value is -4.59. The van der Waals surface area contributed by atoms with Crippen LogP contribution in [0.4, 0.5) is 0 Å². The molecule has 0 aliphatic rings. The summed E-state index contributed by atoms with van der Waals surface area (Å²) in [4.78, 5) is 4.32. The predicted octanol–water partition coefficient (Wildman–Crippen LogP) is 4.50. The van der Waals surface area contributed by atoms with E-state index >= 15 is 0 Å². The number of fused-ring (bicyclic) bond motifs is 3. The molecule has 2 aromatic carbocycles. The zero-order valence-electron chi connectivity index (χ0n) is 17.5. The summed E-state index contributed by atoms with van der Waals surface area (Å²) >= 11 is 0. The largest absolute Gasteiger partial charge is 0.470 e. The Morgan fingerprint density at radius 2 is 1.67 bits per heavy atom. The predicted molar refractivity (Wildman–Crippen MR) is 122 cm³/mol. The lowest BCUT2D eigenvalue weighted by Gasteiger charge is -2.09. The second kappa shape index (κ2) is 8.16. The minimum atomic E-state index is 0.298. The summed E-state index contributed by atoms with van der Waals surface area (Å²) in [5, 5.41) is 19.4. The average Bonchev–Trinajstić information content (AvgIpc) is 3.51. The zero-order valence-corrected chi connectivity index (χ0v) is 17.5. The third-order valence-electron chi connectivity index (χ3n) is 5.32. The molecule has 0 N–H and O–H groups in total. The van der Waals surface area contributed by atoms with Crippen LogP contribution in [-0.2, 0) is 13.0 Å². The molecule has 0 saturated heterocycles. The number of hydrogen-bond acceptors (Lipinski definition) is 7. The molecule has 0 spiro atoms. The van der Waals surface area contributed by atoms with E-state index in [-0.39, 0.29) is 0 Å². The van der Waals surface area contributed by atoms with Crippen LogP contribution in [0.25, 0.3) is 27.9 Å². The number of hydrogen-bond donors (Lipinski definition) is 0. The van der Waals surface area contributed by atoms with Crippen LogP contribution in [0.15, 0.2) is 89.6 Å². The minimum absolute atomic E-state index is 0.298. The van der Waals surface area contributed by atoms with E-state index < -0.39 is 0 Å². The summed E-state index contributed by atoms with van der Waals surface area (Å²) in [7, 11) is 0. The van der Waals surface area contributed by atoms with Crippen molar-refractivity contribution in [3.63, 3.8) is 0 Å². The first-order chi connectivity index (χ1) is 16.3. The molecule has 0 fully saturated rings. The number of benzene rings is 2. The van der Waals surface area contributed by atoms with Crippen LogP contribution in [0.3, 0.4) is 0 Å². The zero-order chi connectivity index (χ0) is 22.0. The van der Waals surface area contributed by atoms with Crippen LogP contribution >= 0.6 is 0 Å². The molecule has 0 aliphatic carbocycles. The standard InChI is InChI=1S/C25H18N6O2/c1-2-8-17(9-3-1)14-19-15-22(30-33-19)24-28-27-23-20-11-4-5-12-21(20)25(29-31(23)24)32-16-18-10-6-7-13-26-18/h1-13,15H,14,16H2. The fourth-order valence-corrected chi connectivity index (χ4v) is 3.74. The highest BCUT2D eigenvalue weighted by Gasteiger charge is 2.19. The van der Waals surface area contributed by atoms with Crippen LogP contribution in [-0.4, -0.2) is 30.0 Å². The Kier molecular flexibility index (Phi) is 4.73. The highest BCUT2D eigenvalue weighted by molar-refractivity contribution is 5.96. The van der Waals surface area contributed by atoms with E-state index in [0.717, 1.165) is 27.8 Å². The van der Waals surface area contributed by atoms with E-state index in [1.807, 2.05) is 78.9 Å². The molecule has 6 aromatic rings. The molecule has 0 amide bonds. The number of rotatable bonds is 6. The smallest absolute Gasteiger partial charge is 0.240 e. The maximum absolute atomic E-state index is 6.06. The van der Waals surface area contributed by atoms with Crippen LogP contribution in [0.2, 0.25) is 0 Å². The van der Waals surface area contributed by atoms with Crippen molar-refractivity contribution in [1.82, 2.24) is 30.0 Å². The molecular formula is C25H18N6O2. The molecule has 4 heterocycles. The highest BCUT2D eigenvalue weighted by Crippen LogP contribution is 2.29. The van der Waals surface area contributed by atoms with Gasteiger partial charge in [-0.25, -0.2) is 0 Å². The van der Waals surface area contributed by atoms with E-state index in [2.05, 4.69) is 20.3 Å². The summed E-state index contributed by atoms with van der Waals surface area (Å²) < 4.78 is 13.3. The van der Waals surface area contributed by atoms with Crippen LogP contribution in [0, 0.1) is 0 Å². The van der Waals surface area contributed by atoms with Gasteiger partial charge in [0.25, 0.3) is 0 Å². The fraction of sp³-hybridized carbons (Fsp3) is 0.0800. The van der Waals surface area contributed by atoms with Gasteiger partial charge in [-0.3, -0.25) is 4.98 Å². The quantitative estimate of drug-likeness (QED) is 0.381. The summed E-state index contributed by atoms with van der Waals surface area (Å²) in [6.07, 6.45) is 2.38. The molecule has 8 heteroatoms. The molecule has 0 saturated carbocycles. The van der Waals surface area contributed by atoms with Gasteiger partial charge in [0.15, 0.2) is 11.3 Å². The lowest BCUT2D eigenvalue weighted by Crippen LogP contribution is -2.04. The molecule has 8 nitrogen and oxygen atoms in total. The minimum Gasteiger partial charge on any atom is -0.470 e. The van der Waals surface area contributed by atoms with Gasteiger partial charge in [-0.1, -0.05) is 59.8 Å². The van der Waals surface area contributed by atoms with Gasteiger partial charge < -0.3 is 9.26 Å². The van der Waals surface area contributed by atoms with E-state index in [9.17, 15) is 0 Å². The fourth-order valence-electron chi connectivity index (χ4n) is 3.74. The molecule has 0 unspecified atom stereocenters. The van der Waals surface area contributed by atoms with E-state index in [0.29, 0.717) is 36.1 Å². The SMILES string of the molecule is c1ccc(Cc2cc(-c3nnc4c5ccccc5c(OCc5ccccn5)nn34)no2)cc1. The van der Waals surface area contributed by atoms with E-state index in [1.54, 1.807) is 10.7 Å². The highest BCUT2D eigenvalue weighted by atomic mass is 16.5. The van der Waals surface area contributed by atoms with Crippen molar-refractivity contribution in [2.75, 3.05) is 0 Å². The Morgan fingerprint density at radius 1 is 0.848 bits per heavy atom. The molecule has 6 rings (SSSR count). The van der Waals surface area contributed by atoms with E-state index in [4.69, 9.17) is 14.4 Å². The number of ether oxygens (including phenoxy) is 1. The van der Waals surface area contributed by atoms with Gasteiger partial charge >= 0.3 is 0 Å². The van der Waals surface area contributed by atoms with Gasteiger partial charge in [-0.05, 0) is 23.8 Å². The van der Waals surface area contributed by atoms with Gasteiger partial charge in [0.2, 0.25) is 11.7 Å². The van der Waals surface area contributed by atoms with Crippen LogP contribution in [0.5, 0.6) is 5.88 Å². The Balaban J connectivity index is 1.39. The molecule has 4 aromatic heterocycles. The van der Waals surface area contributed by atoms with E-state index in [1.165, 1.54) is 0 Å². The molecule has 33 heavy (non-hydrogen) atoms. The van der Waals surface area contributed by atoms with Gasteiger partial charge in [0.05, 0.1) is 5.69 Å². The second-order valence-corrected chi connectivity index (χ2v) is 7.56. The van der Waals surface area contributed by atoms with Crippen LogP contribution in [0.1, 0.15) is 17.0 Å². The van der Waals surface area contributed by atoms with Crippen molar-refractivity contribution in [3.05, 3.63) is 102 Å². The molecule has 0 bridgehead atoms. The third-order valence-corrected chi connectivity index (χ3v) is 5.32. The van der Waals surface area contributed by atoms with Crippen molar-refractivity contribution in [1.29, 1.82) is 0 Å². The topological polar surface area (TPSA) is 91.2 Å². The molecular weight excluding hydrogens is 416 g/mol.